The second kappa shape index (κ2) is 14.5. The topological polar surface area (TPSA) is 96.0 Å². The first-order valence-electron chi connectivity index (χ1n) is 12.8. The van der Waals surface area contributed by atoms with E-state index in [2.05, 4.69) is 21.2 Å². The van der Waals surface area contributed by atoms with Gasteiger partial charge in [-0.25, -0.2) is 8.42 Å². The van der Waals surface area contributed by atoms with Crippen LogP contribution < -0.4 is 14.4 Å². The number of carbonyl (C=O) groups excluding carboxylic acids is 2. The molecular formula is C29H33BrClN3O5S. The monoisotopic (exact) mass is 649 g/mol. The van der Waals surface area contributed by atoms with Crippen molar-refractivity contribution in [2.75, 3.05) is 24.5 Å². The molecule has 1 unspecified atom stereocenters. The molecule has 0 aromatic heterocycles. The Labute approximate surface area is 249 Å². The predicted molar refractivity (Wildman–Crippen MR) is 161 cm³/mol. The predicted octanol–water partition coefficient (Wildman–Crippen LogP) is 5.64. The Morgan fingerprint density at radius 1 is 1.05 bits per heavy atom. The summed E-state index contributed by atoms with van der Waals surface area (Å²) in [4.78, 5) is 28.4. The second-order valence-corrected chi connectivity index (χ2v) is 12.3. The minimum atomic E-state index is -4.24. The zero-order valence-corrected chi connectivity index (χ0v) is 25.8. The maximum Gasteiger partial charge on any atom is 0.264 e. The Bertz CT molecular complexity index is 1420. The molecule has 214 valence electrons. The van der Waals surface area contributed by atoms with Gasteiger partial charge in [-0.2, -0.15) is 0 Å². The van der Waals surface area contributed by atoms with Crippen molar-refractivity contribution in [3.63, 3.8) is 0 Å². The third kappa shape index (κ3) is 7.99. The number of ether oxygens (including phenoxy) is 1. The number of methoxy groups -OCH3 is 1. The van der Waals surface area contributed by atoms with Gasteiger partial charge in [0.15, 0.2) is 0 Å². The number of nitrogens with one attached hydrogen (secondary N) is 1. The summed E-state index contributed by atoms with van der Waals surface area (Å²) in [6.45, 7) is 3.63. The maximum atomic E-state index is 14.0. The first kappa shape index (κ1) is 31.4. The van der Waals surface area contributed by atoms with Gasteiger partial charge in [0.1, 0.15) is 18.3 Å². The zero-order valence-electron chi connectivity index (χ0n) is 22.6. The van der Waals surface area contributed by atoms with E-state index in [1.165, 1.54) is 30.2 Å². The molecule has 0 saturated heterocycles. The van der Waals surface area contributed by atoms with Gasteiger partial charge in [-0.1, -0.05) is 71.2 Å². The van der Waals surface area contributed by atoms with Crippen molar-refractivity contribution < 1.29 is 22.7 Å². The molecule has 8 nitrogen and oxygen atoms in total. The van der Waals surface area contributed by atoms with Crippen LogP contribution in [0.1, 0.15) is 32.3 Å². The Balaban J connectivity index is 2.06. The summed E-state index contributed by atoms with van der Waals surface area (Å²) in [6, 6.07) is 18.9. The highest BCUT2D eigenvalue weighted by atomic mass is 79.9. The minimum Gasteiger partial charge on any atom is -0.495 e. The van der Waals surface area contributed by atoms with Gasteiger partial charge in [0, 0.05) is 22.6 Å². The number of amides is 2. The van der Waals surface area contributed by atoms with Crippen molar-refractivity contribution in [1.29, 1.82) is 0 Å². The largest absolute Gasteiger partial charge is 0.495 e. The third-order valence-electron chi connectivity index (χ3n) is 6.26. The van der Waals surface area contributed by atoms with Crippen LogP contribution in [0.25, 0.3) is 0 Å². The second-order valence-electron chi connectivity index (χ2n) is 9.11. The summed E-state index contributed by atoms with van der Waals surface area (Å²) in [7, 11) is -2.83. The highest BCUT2D eigenvalue weighted by Crippen LogP contribution is 2.35. The molecule has 0 aliphatic heterocycles. The van der Waals surface area contributed by atoms with Crippen molar-refractivity contribution in [1.82, 2.24) is 10.2 Å². The number of halogens is 2. The Hall–Kier alpha value is -3.08. The molecule has 1 atom stereocenters. The molecule has 0 saturated carbocycles. The molecule has 3 aromatic carbocycles. The molecular weight excluding hydrogens is 618 g/mol. The van der Waals surface area contributed by atoms with Crippen LogP contribution in [0, 0.1) is 0 Å². The molecule has 3 aromatic rings. The average molecular weight is 651 g/mol. The van der Waals surface area contributed by atoms with Gasteiger partial charge < -0.3 is 15.0 Å². The van der Waals surface area contributed by atoms with E-state index >= 15 is 0 Å². The number of nitrogens with zero attached hydrogens (tertiary/aromatic N) is 2. The van der Waals surface area contributed by atoms with E-state index in [0.717, 1.165) is 27.2 Å². The Morgan fingerprint density at radius 3 is 2.42 bits per heavy atom. The van der Waals surface area contributed by atoms with Gasteiger partial charge in [-0.15, -0.1) is 0 Å². The SMILES string of the molecule is CCCCNC(=O)C(C)N(Cc1cccc(Br)c1)C(=O)CN(c1cc(Cl)ccc1OC)S(=O)(=O)c1ccccc1. The number of anilines is 1. The smallest absolute Gasteiger partial charge is 0.264 e. The molecule has 1 N–H and O–H groups in total. The quantitative estimate of drug-likeness (QED) is 0.242. The molecule has 0 spiro atoms. The van der Waals surface area contributed by atoms with Gasteiger partial charge in [0.25, 0.3) is 10.0 Å². The molecule has 0 bridgehead atoms. The lowest BCUT2D eigenvalue weighted by Crippen LogP contribution is -2.51. The van der Waals surface area contributed by atoms with Crippen LogP contribution in [-0.2, 0) is 26.2 Å². The van der Waals surface area contributed by atoms with Crippen molar-refractivity contribution in [3.8, 4) is 5.75 Å². The summed E-state index contributed by atoms with van der Waals surface area (Å²) in [5.74, 6) is -0.671. The Morgan fingerprint density at radius 2 is 1.77 bits per heavy atom. The zero-order chi connectivity index (χ0) is 29.3. The fourth-order valence-corrected chi connectivity index (χ4v) is 6.09. The highest BCUT2D eigenvalue weighted by Gasteiger charge is 2.34. The van der Waals surface area contributed by atoms with Crippen LogP contribution in [0.15, 0.2) is 82.2 Å². The van der Waals surface area contributed by atoms with Crippen molar-refractivity contribution in [2.24, 2.45) is 0 Å². The summed E-state index contributed by atoms with van der Waals surface area (Å²) >= 11 is 9.70. The number of unbranched alkanes of at least 4 members (excludes halogenated alkanes) is 1. The highest BCUT2D eigenvalue weighted by molar-refractivity contribution is 9.10. The molecule has 11 heteroatoms. The third-order valence-corrected chi connectivity index (χ3v) is 8.76. The molecule has 0 aliphatic carbocycles. The lowest BCUT2D eigenvalue weighted by Gasteiger charge is -2.32. The van der Waals surface area contributed by atoms with E-state index in [9.17, 15) is 18.0 Å². The van der Waals surface area contributed by atoms with E-state index in [-0.39, 0.29) is 33.8 Å². The standard InChI is InChI=1S/C29H33BrClN3O5S/c1-4-5-16-32-29(36)21(2)33(19-22-10-9-11-23(30)17-22)28(35)20-34(26-18-24(31)14-15-27(26)39-3)40(37,38)25-12-7-6-8-13-25/h6-15,17-18,21H,4-5,16,19-20H2,1-3H3,(H,32,36). The fraction of sp³-hybridized carbons (Fsp3) is 0.310. The summed E-state index contributed by atoms with van der Waals surface area (Å²) in [5, 5.41) is 3.14. The van der Waals surface area contributed by atoms with Crippen LogP contribution >= 0.6 is 27.5 Å². The van der Waals surface area contributed by atoms with Gasteiger partial charge in [-0.3, -0.25) is 13.9 Å². The van der Waals surface area contributed by atoms with Crippen LogP contribution in [0.3, 0.4) is 0 Å². The molecule has 3 rings (SSSR count). The van der Waals surface area contributed by atoms with Crippen LogP contribution in [0.5, 0.6) is 5.75 Å². The van der Waals surface area contributed by atoms with Gasteiger partial charge in [-0.05, 0) is 61.4 Å². The summed E-state index contributed by atoms with van der Waals surface area (Å²) in [6.07, 6.45) is 1.71. The number of rotatable bonds is 13. The van der Waals surface area contributed by atoms with E-state index in [4.69, 9.17) is 16.3 Å². The van der Waals surface area contributed by atoms with Gasteiger partial charge >= 0.3 is 0 Å². The van der Waals surface area contributed by atoms with Crippen LogP contribution in [0.4, 0.5) is 5.69 Å². The van der Waals surface area contributed by atoms with E-state index in [1.807, 2.05) is 31.2 Å². The average Bonchev–Trinajstić information content (AvgIpc) is 2.94. The molecule has 0 fully saturated rings. The van der Waals surface area contributed by atoms with Crippen molar-refractivity contribution in [3.05, 3.63) is 87.9 Å². The molecule has 0 heterocycles. The normalized spacial score (nSPS) is 11.9. The molecule has 0 aliphatic rings. The van der Waals surface area contributed by atoms with Crippen LogP contribution in [0.2, 0.25) is 5.02 Å². The first-order chi connectivity index (χ1) is 19.1. The lowest BCUT2D eigenvalue weighted by molar-refractivity contribution is -0.139. The Kier molecular flexibility index (Phi) is 11.4. The molecule has 2 amide bonds. The van der Waals surface area contributed by atoms with Crippen molar-refractivity contribution in [2.45, 2.75) is 44.2 Å². The number of benzene rings is 3. The molecule has 40 heavy (non-hydrogen) atoms. The van der Waals surface area contributed by atoms with E-state index in [1.54, 1.807) is 37.3 Å². The summed E-state index contributed by atoms with van der Waals surface area (Å²) in [5.41, 5.74) is 0.878. The first-order valence-corrected chi connectivity index (χ1v) is 15.4. The summed E-state index contributed by atoms with van der Waals surface area (Å²) < 4.78 is 35.1. The van der Waals surface area contributed by atoms with Crippen LogP contribution in [-0.4, -0.2) is 51.4 Å². The number of sulfonamides is 1. The lowest BCUT2D eigenvalue weighted by atomic mass is 10.1. The number of hydrogen-bond acceptors (Lipinski definition) is 5. The maximum absolute atomic E-state index is 14.0. The molecule has 0 radical (unpaired) electrons. The fourth-order valence-electron chi connectivity index (χ4n) is 4.04. The number of hydrogen-bond donors (Lipinski definition) is 1. The van der Waals surface area contributed by atoms with Gasteiger partial charge in [0.2, 0.25) is 11.8 Å². The van der Waals surface area contributed by atoms with Crippen molar-refractivity contribution >= 4 is 55.1 Å². The van der Waals surface area contributed by atoms with E-state index < -0.39 is 28.5 Å². The number of carbonyl (C=O) groups is 2. The van der Waals surface area contributed by atoms with Gasteiger partial charge in [0.05, 0.1) is 17.7 Å². The minimum absolute atomic E-state index is 0.00581. The van der Waals surface area contributed by atoms with E-state index in [0.29, 0.717) is 6.54 Å².